The molecule has 0 aromatic heterocycles. The van der Waals surface area contributed by atoms with Crippen LogP contribution in [0.15, 0.2) is 4.99 Å². The summed E-state index contributed by atoms with van der Waals surface area (Å²) in [5.74, 6) is 0.709. The number of rotatable bonds is 0. The summed E-state index contributed by atoms with van der Waals surface area (Å²) < 4.78 is 0. The summed E-state index contributed by atoms with van der Waals surface area (Å²) in [4.78, 5) is 8.71. The fourth-order valence-corrected chi connectivity index (χ4v) is 2.22. The summed E-state index contributed by atoms with van der Waals surface area (Å²) in [6, 6.07) is 0. The van der Waals surface area contributed by atoms with E-state index in [4.69, 9.17) is 5.41 Å². The molecular formula is C14H28N4. The molecule has 4 nitrogen and oxygen atoms in total. The van der Waals surface area contributed by atoms with Crippen LogP contribution in [-0.4, -0.2) is 61.1 Å². The summed E-state index contributed by atoms with van der Waals surface area (Å²) >= 11 is 0. The maximum Gasteiger partial charge on any atom is 0.0926 e. The first-order valence-corrected chi connectivity index (χ1v) is 7.08. The van der Waals surface area contributed by atoms with Gasteiger partial charge in [0.25, 0.3) is 0 Å². The highest BCUT2D eigenvalue weighted by Crippen LogP contribution is 2.04. The minimum absolute atomic E-state index is 0.709. The molecule has 2 rings (SSSR count). The third-order valence-electron chi connectivity index (χ3n) is 3.52. The minimum atomic E-state index is 0.709. The largest absolute Gasteiger partial charge is 0.359 e. The van der Waals surface area contributed by atoms with Crippen LogP contribution in [0, 0.1) is 5.41 Å². The van der Waals surface area contributed by atoms with Crippen molar-refractivity contribution in [2.75, 3.05) is 39.8 Å². The van der Waals surface area contributed by atoms with Gasteiger partial charge in [-0.2, -0.15) is 0 Å². The molecule has 2 heterocycles. The molecule has 0 aromatic rings. The lowest BCUT2D eigenvalue weighted by molar-refractivity contribution is 0.345. The highest BCUT2D eigenvalue weighted by Gasteiger charge is 2.11. The molecule has 1 saturated heterocycles. The van der Waals surface area contributed by atoms with Crippen LogP contribution >= 0.6 is 0 Å². The lowest BCUT2D eigenvalue weighted by atomic mass is 10.1. The van der Waals surface area contributed by atoms with E-state index in [9.17, 15) is 0 Å². The number of nitrogens with one attached hydrogen (secondary N) is 1. The topological polar surface area (TPSA) is 42.7 Å². The predicted octanol–water partition coefficient (Wildman–Crippen LogP) is 2.25. The van der Waals surface area contributed by atoms with Gasteiger partial charge in [-0.05, 0) is 53.1 Å². The van der Waals surface area contributed by atoms with Crippen molar-refractivity contribution in [3.63, 3.8) is 0 Å². The van der Waals surface area contributed by atoms with Crippen molar-refractivity contribution in [1.29, 1.82) is 5.41 Å². The zero-order chi connectivity index (χ0) is 13.4. The normalized spacial score (nSPS) is 21.5. The smallest absolute Gasteiger partial charge is 0.0926 e. The molecule has 2 aliphatic rings. The van der Waals surface area contributed by atoms with Crippen LogP contribution in [0.25, 0.3) is 0 Å². The van der Waals surface area contributed by atoms with Gasteiger partial charge in [0.1, 0.15) is 0 Å². The molecule has 0 aromatic carbocycles. The van der Waals surface area contributed by atoms with Crippen LogP contribution < -0.4 is 0 Å². The molecule has 0 saturated carbocycles. The molecule has 0 radical (unpaired) electrons. The summed E-state index contributed by atoms with van der Waals surface area (Å²) in [6.07, 6.45) is 5.08. The second-order valence-corrected chi connectivity index (χ2v) is 5.30. The van der Waals surface area contributed by atoms with Gasteiger partial charge < -0.3 is 9.80 Å². The first-order valence-electron chi connectivity index (χ1n) is 7.08. The van der Waals surface area contributed by atoms with E-state index < -0.39 is 0 Å². The van der Waals surface area contributed by atoms with E-state index >= 15 is 0 Å². The van der Waals surface area contributed by atoms with Crippen LogP contribution in [0.5, 0.6) is 0 Å². The quantitative estimate of drug-likeness (QED) is 0.531. The number of amidine groups is 1. The van der Waals surface area contributed by atoms with Crippen molar-refractivity contribution < 1.29 is 0 Å². The Morgan fingerprint density at radius 3 is 2.39 bits per heavy atom. The van der Waals surface area contributed by atoms with E-state index in [0.29, 0.717) is 5.84 Å². The van der Waals surface area contributed by atoms with Gasteiger partial charge >= 0.3 is 0 Å². The zero-order valence-electron chi connectivity index (χ0n) is 12.2. The van der Waals surface area contributed by atoms with Gasteiger partial charge in [-0.15, -0.1) is 0 Å². The molecule has 18 heavy (non-hydrogen) atoms. The van der Waals surface area contributed by atoms with E-state index in [0.717, 1.165) is 26.2 Å². The lowest BCUT2D eigenvalue weighted by Gasteiger charge is -2.20. The van der Waals surface area contributed by atoms with Gasteiger partial charge in [0.2, 0.25) is 0 Å². The van der Waals surface area contributed by atoms with E-state index in [1.165, 1.54) is 37.9 Å². The second kappa shape index (κ2) is 8.25. The fourth-order valence-electron chi connectivity index (χ4n) is 2.22. The van der Waals surface area contributed by atoms with Crippen LogP contribution in [0.4, 0.5) is 0 Å². The monoisotopic (exact) mass is 252 g/mol. The summed E-state index contributed by atoms with van der Waals surface area (Å²) in [5, 5.41) is 7.46. The van der Waals surface area contributed by atoms with E-state index in [2.05, 4.69) is 28.8 Å². The fraction of sp³-hybridized carbons (Fsp3) is 0.857. The third kappa shape index (κ3) is 6.15. The molecule has 1 N–H and O–H groups in total. The van der Waals surface area contributed by atoms with Gasteiger partial charge in [-0.1, -0.05) is 0 Å². The molecule has 0 bridgehead atoms. The molecule has 0 amide bonds. The van der Waals surface area contributed by atoms with Crippen molar-refractivity contribution in [2.24, 2.45) is 4.99 Å². The van der Waals surface area contributed by atoms with Crippen LogP contribution in [0.3, 0.4) is 0 Å². The minimum Gasteiger partial charge on any atom is -0.359 e. The highest BCUT2D eigenvalue weighted by molar-refractivity contribution is 5.82. The number of likely N-dealkylation sites (N-methyl/N-ethyl adjacent to an activating group) is 1. The van der Waals surface area contributed by atoms with Crippen molar-refractivity contribution >= 4 is 11.5 Å². The molecule has 1 fully saturated rings. The maximum absolute atomic E-state index is 7.46. The van der Waals surface area contributed by atoms with Crippen LogP contribution in [0.1, 0.15) is 39.5 Å². The average molecular weight is 252 g/mol. The Morgan fingerprint density at radius 1 is 1.11 bits per heavy atom. The Labute approximate surface area is 112 Å². The van der Waals surface area contributed by atoms with E-state index in [-0.39, 0.29) is 0 Å². The maximum atomic E-state index is 7.46. The second-order valence-electron chi connectivity index (χ2n) is 5.30. The molecule has 2 aliphatic heterocycles. The SMILES string of the molecule is CC(=N)N1CCCN(C)CC1.CC1=NCCCC1. The van der Waals surface area contributed by atoms with Gasteiger partial charge in [0, 0.05) is 31.9 Å². The Bertz CT molecular complexity index is 286. The van der Waals surface area contributed by atoms with Gasteiger partial charge in [0.15, 0.2) is 0 Å². The molecule has 4 heteroatoms. The number of hydrogen-bond acceptors (Lipinski definition) is 3. The highest BCUT2D eigenvalue weighted by atomic mass is 15.2. The first-order chi connectivity index (χ1) is 8.59. The summed E-state index contributed by atoms with van der Waals surface area (Å²) in [5.41, 5.74) is 1.34. The first kappa shape index (κ1) is 15.2. The number of hydrogen-bond donors (Lipinski definition) is 1. The van der Waals surface area contributed by atoms with E-state index in [1.807, 2.05) is 6.92 Å². The number of aliphatic imine (C=N–C) groups is 1. The van der Waals surface area contributed by atoms with Gasteiger partial charge in [0.05, 0.1) is 5.84 Å². The Balaban J connectivity index is 0.000000199. The molecular weight excluding hydrogens is 224 g/mol. The van der Waals surface area contributed by atoms with Crippen molar-refractivity contribution in [2.45, 2.75) is 39.5 Å². The molecule has 0 spiro atoms. The van der Waals surface area contributed by atoms with Crippen molar-refractivity contribution in [1.82, 2.24) is 9.80 Å². The summed E-state index contributed by atoms with van der Waals surface area (Å²) in [7, 11) is 2.14. The van der Waals surface area contributed by atoms with Gasteiger partial charge in [-0.25, -0.2) is 0 Å². The predicted molar refractivity (Wildman–Crippen MR) is 78.9 cm³/mol. The summed E-state index contributed by atoms with van der Waals surface area (Å²) in [6.45, 7) is 9.39. The van der Waals surface area contributed by atoms with Crippen molar-refractivity contribution in [3.05, 3.63) is 0 Å². The Kier molecular flexibility index (Phi) is 6.94. The average Bonchev–Trinajstić information content (AvgIpc) is 2.56. The third-order valence-corrected chi connectivity index (χ3v) is 3.52. The van der Waals surface area contributed by atoms with Crippen LogP contribution in [0.2, 0.25) is 0 Å². The molecule has 0 aliphatic carbocycles. The molecule has 0 unspecified atom stereocenters. The molecule has 0 atom stereocenters. The number of nitrogens with zero attached hydrogens (tertiary/aromatic N) is 3. The zero-order valence-corrected chi connectivity index (χ0v) is 12.2. The van der Waals surface area contributed by atoms with E-state index in [1.54, 1.807) is 0 Å². The Hall–Kier alpha value is -0.900. The van der Waals surface area contributed by atoms with Gasteiger partial charge in [-0.3, -0.25) is 10.4 Å². The van der Waals surface area contributed by atoms with Crippen LogP contribution in [-0.2, 0) is 0 Å². The standard InChI is InChI=1S/C8H17N3.C6H11N/c1-8(9)11-5-3-4-10(2)6-7-11;1-6-4-2-3-5-7-6/h9H,3-7H2,1-2H3;2-5H2,1H3. The van der Waals surface area contributed by atoms with Crippen molar-refractivity contribution in [3.8, 4) is 0 Å². The Morgan fingerprint density at radius 2 is 1.89 bits per heavy atom. The molecule has 104 valence electrons. The lowest BCUT2D eigenvalue weighted by Crippen LogP contribution is -2.32.